The normalized spacial score (nSPS) is 12.9. The standard InChI is InChI=1S/C9H10N2O2.ClH/c1-13-9(12)8-2-6-3-10-4-7(6)5-11-8;/h2,5,10H,3-4H2,1H3;1H. The minimum absolute atomic E-state index is 0. The SMILES string of the molecule is COC(=O)c1cc2c(cn1)CNC2.Cl. The Balaban J connectivity index is 0.000000980. The van der Waals surface area contributed by atoms with Crippen LogP contribution < -0.4 is 5.32 Å². The van der Waals surface area contributed by atoms with Gasteiger partial charge in [-0.05, 0) is 17.2 Å². The number of methoxy groups -OCH3 is 1. The molecule has 0 fully saturated rings. The minimum Gasteiger partial charge on any atom is -0.464 e. The van der Waals surface area contributed by atoms with Crippen LogP contribution in [-0.2, 0) is 17.8 Å². The van der Waals surface area contributed by atoms with E-state index in [4.69, 9.17) is 0 Å². The first-order chi connectivity index (χ1) is 6.31. The summed E-state index contributed by atoms with van der Waals surface area (Å²) in [6.45, 7) is 1.64. The highest BCUT2D eigenvalue weighted by Crippen LogP contribution is 2.14. The fraction of sp³-hybridized carbons (Fsp3) is 0.333. The number of esters is 1. The predicted octanol–water partition coefficient (Wildman–Crippen LogP) is 0.893. The van der Waals surface area contributed by atoms with Crippen molar-refractivity contribution in [2.75, 3.05) is 7.11 Å². The van der Waals surface area contributed by atoms with Crippen molar-refractivity contribution in [1.82, 2.24) is 10.3 Å². The molecule has 0 amide bonds. The molecule has 4 nitrogen and oxygen atoms in total. The van der Waals surface area contributed by atoms with Crippen LogP contribution in [0.3, 0.4) is 0 Å². The summed E-state index contributed by atoms with van der Waals surface area (Å²) in [5.74, 6) is -0.380. The quantitative estimate of drug-likeness (QED) is 0.706. The van der Waals surface area contributed by atoms with Gasteiger partial charge < -0.3 is 10.1 Å². The second-order valence-electron chi connectivity index (χ2n) is 2.93. The molecule has 76 valence electrons. The van der Waals surface area contributed by atoms with E-state index in [0.717, 1.165) is 24.2 Å². The molecule has 1 aromatic heterocycles. The van der Waals surface area contributed by atoms with Gasteiger partial charge in [0.25, 0.3) is 0 Å². The summed E-state index contributed by atoms with van der Waals surface area (Å²) in [5.41, 5.74) is 2.67. The zero-order valence-electron chi connectivity index (χ0n) is 7.74. The maximum Gasteiger partial charge on any atom is 0.356 e. The number of carbonyl (C=O) groups is 1. The molecule has 14 heavy (non-hydrogen) atoms. The Kier molecular flexibility index (Phi) is 3.43. The van der Waals surface area contributed by atoms with E-state index in [9.17, 15) is 4.79 Å². The zero-order chi connectivity index (χ0) is 9.26. The number of nitrogens with one attached hydrogen (secondary N) is 1. The van der Waals surface area contributed by atoms with Crippen molar-refractivity contribution in [2.45, 2.75) is 13.1 Å². The van der Waals surface area contributed by atoms with Crippen LogP contribution in [0.25, 0.3) is 0 Å². The summed E-state index contributed by atoms with van der Waals surface area (Å²) < 4.78 is 4.57. The highest BCUT2D eigenvalue weighted by atomic mass is 35.5. The lowest BCUT2D eigenvalue weighted by Crippen LogP contribution is -2.05. The van der Waals surface area contributed by atoms with Crippen LogP contribution in [0.1, 0.15) is 21.6 Å². The lowest BCUT2D eigenvalue weighted by atomic mass is 10.1. The van der Waals surface area contributed by atoms with Crippen LogP contribution in [0.5, 0.6) is 0 Å². The van der Waals surface area contributed by atoms with Crippen molar-refractivity contribution >= 4 is 18.4 Å². The van der Waals surface area contributed by atoms with Crippen molar-refractivity contribution in [2.24, 2.45) is 0 Å². The first-order valence-corrected chi connectivity index (χ1v) is 4.08. The van der Waals surface area contributed by atoms with E-state index in [1.54, 1.807) is 12.3 Å². The largest absolute Gasteiger partial charge is 0.464 e. The van der Waals surface area contributed by atoms with Crippen molar-refractivity contribution < 1.29 is 9.53 Å². The van der Waals surface area contributed by atoms with Gasteiger partial charge in [-0.1, -0.05) is 0 Å². The smallest absolute Gasteiger partial charge is 0.356 e. The topological polar surface area (TPSA) is 51.2 Å². The molecule has 2 rings (SSSR count). The number of carbonyl (C=O) groups excluding carboxylic acids is 1. The second kappa shape index (κ2) is 4.39. The molecule has 0 aliphatic carbocycles. The van der Waals surface area contributed by atoms with Crippen molar-refractivity contribution in [1.29, 1.82) is 0 Å². The number of hydrogen-bond donors (Lipinski definition) is 1. The molecule has 2 heterocycles. The highest BCUT2D eigenvalue weighted by molar-refractivity contribution is 5.87. The molecule has 0 unspecified atom stereocenters. The Morgan fingerprint density at radius 2 is 2.21 bits per heavy atom. The van der Waals surface area contributed by atoms with Crippen LogP contribution in [0.4, 0.5) is 0 Å². The molecule has 1 aromatic rings. The van der Waals surface area contributed by atoms with Crippen LogP contribution >= 0.6 is 12.4 Å². The molecule has 1 N–H and O–H groups in total. The number of halogens is 1. The Hall–Kier alpha value is -1.13. The van der Waals surface area contributed by atoms with Crippen LogP contribution in [-0.4, -0.2) is 18.1 Å². The number of aromatic nitrogens is 1. The zero-order valence-corrected chi connectivity index (χ0v) is 8.56. The van der Waals surface area contributed by atoms with Crippen LogP contribution in [0.15, 0.2) is 12.3 Å². The molecule has 5 heteroatoms. The molecule has 0 saturated heterocycles. The van der Waals surface area contributed by atoms with E-state index in [1.165, 1.54) is 7.11 Å². The molecule has 0 atom stereocenters. The third-order valence-electron chi connectivity index (χ3n) is 2.11. The summed E-state index contributed by atoms with van der Waals surface area (Å²) in [6, 6.07) is 1.78. The van der Waals surface area contributed by atoms with E-state index >= 15 is 0 Å². The average Bonchev–Trinajstić information content (AvgIpc) is 2.63. The maximum atomic E-state index is 11.1. The summed E-state index contributed by atoms with van der Waals surface area (Å²) in [4.78, 5) is 15.1. The molecule has 0 spiro atoms. The number of fused-ring (bicyclic) bond motifs is 1. The Labute approximate surface area is 88.1 Å². The van der Waals surface area contributed by atoms with Crippen LogP contribution in [0, 0.1) is 0 Å². The molecule has 1 aliphatic heterocycles. The van der Waals surface area contributed by atoms with Crippen molar-refractivity contribution in [3.8, 4) is 0 Å². The fourth-order valence-electron chi connectivity index (χ4n) is 1.40. The lowest BCUT2D eigenvalue weighted by molar-refractivity contribution is 0.0594. The fourth-order valence-corrected chi connectivity index (χ4v) is 1.40. The minimum atomic E-state index is -0.380. The highest BCUT2D eigenvalue weighted by Gasteiger charge is 2.14. The van der Waals surface area contributed by atoms with Gasteiger partial charge in [0.1, 0.15) is 5.69 Å². The number of hydrogen-bond acceptors (Lipinski definition) is 4. The van der Waals surface area contributed by atoms with Gasteiger partial charge >= 0.3 is 5.97 Å². The first-order valence-electron chi connectivity index (χ1n) is 4.08. The Bertz CT molecular complexity index is 355. The number of nitrogens with zero attached hydrogens (tertiary/aromatic N) is 1. The molecule has 0 bridgehead atoms. The van der Waals surface area contributed by atoms with E-state index in [0.29, 0.717) is 5.69 Å². The third kappa shape index (κ3) is 1.86. The molecular weight excluding hydrogens is 204 g/mol. The van der Waals surface area contributed by atoms with Gasteiger partial charge in [0.05, 0.1) is 7.11 Å². The summed E-state index contributed by atoms with van der Waals surface area (Å²) in [6.07, 6.45) is 1.72. The van der Waals surface area contributed by atoms with Gasteiger partial charge in [-0.15, -0.1) is 12.4 Å². The van der Waals surface area contributed by atoms with E-state index in [1.807, 2.05) is 0 Å². The summed E-state index contributed by atoms with van der Waals surface area (Å²) in [5, 5.41) is 3.18. The lowest BCUT2D eigenvalue weighted by Gasteiger charge is -2.00. The summed E-state index contributed by atoms with van der Waals surface area (Å²) in [7, 11) is 1.36. The maximum absolute atomic E-state index is 11.1. The molecule has 0 aromatic carbocycles. The van der Waals surface area contributed by atoms with Crippen LogP contribution in [0.2, 0.25) is 0 Å². The molecular formula is C9H11ClN2O2. The third-order valence-corrected chi connectivity index (χ3v) is 2.11. The number of pyridine rings is 1. The van der Waals surface area contributed by atoms with Gasteiger partial charge in [-0.3, -0.25) is 0 Å². The van der Waals surface area contributed by atoms with Crippen molar-refractivity contribution in [3.05, 3.63) is 29.1 Å². The van der Waals surface area contributed by atoms with Gasteiger partial charge in [0, 0.05) is 19.3 Å². The molecule has 0 radical (unpaired) electrons. The van der Waals surface area contributed by atoms with E-state index < -0.39 is 0 Å². The van der Waals surface area contributed by atoms with Gasteiger partial charge in [0.15, 0.2) is 0 Å². The van der Waals surface area contributed by atoms with Gasteiger partial charge in [0.2, 0.25) is 0 Å². The number of ether oxygens (including phenoxy) is 1. The first kappa shape index (κ1) is 10.9. The Morgan fingerprint density at radius 3 is 2.93 bits per heavy atom. The number of rotatable bonds is 1. The average molecular weight is 215 g/mol. The Morgan fingerprint density at radius 1 is 1.50 bits per heavy atom. The van der Waals surface area contributed by atoms with E-state index in [2.05, 4.69) is 15.0 Å². The molecule has 0 saturated carbocycles. The van der Waals surface area contributed by atoms with Crippen molar-refractivity contribution in [3.63, 3.8) is 0 Å². The van der Waals surface area contributed by atoms with E-state index in [-0.39, 0.29) is 18.4 Å². The van der Waals surface area contributed by atoms with Gasteiger partial charge in [-0.25, -0.2) is 9.78 Å². The monoisotopic (exact) mass is 214 g/mol. The predicted molar refractivity (Wildman–Crippen MR) is 53.4 cm³/mol. The second-order valence-corrected chi connectivity index (χ2v) is 2.93. The summed E-state index contributed by atoms with van der Waals surface area (Å²) >= 11 is 0. The molecule has 1 aliphatic rings. The van der Waals surface area contributed by atoms with Gasteiger partial charge in [-0.2, -0.15) is 0 Å².